The first-order chi connectivity index (χ1) is 10.2. The second kappa shape index (κ2) is 5.97. The van der Waals surface area contributed by atoms with Crippen molar-refractivity contribution in [3.05, 3.63) is 70.9 Å². The van der Waals surface area contributed by atoms with Gasteiger partial charge in [-0.1, -0.05) is 12.1 Å². The van der Waals surface area contributed by atoms with E-state index in [1.54, 1.807) is 18.3 Å². The van der Waals surface area contributed by atoms with Crippen LogP contribution in [0, 0.1) is 0 Å². The Morgan fingerprint density at radius 2 is 2.19 bits per heavy atom. The van der Waals surface area contributed by atoms with E-state index < -0.39 is 0 Å². The predicted octanol–water partition coefficient (Wildman–Crippen LogP) is 3.54. The highest BCUT2D eigenvalue weighted by Gasteiger charge is 2.10. The van der Waals surface area contributed by atoms with E-state index in [0.717, 1.165) is 11.3 Å². The Morgan fingerprint density at radius 1 is 1.29 bits per heavy atom. The number of amides is 1. The number of halogens is 1. The van der Waals surface area contributed by atoms with Crippen molar-refractivity contribution >= 4 is 27.5 Å². The zero-order chi connectivity index (χ0) is 14.7. The van der Waals surface area contributed by atoms with Crippen LogP contribution in [-0.2, 0) is 6.54 Å². The molecule has 1 N–H and O–H groups in total. The van der Waals surface area contributed by atoms with Crippen LogP contribution in [0.3, 0.4) is 0 Å². The zero-order valence-corrected chi connectivity index (χ0v) is 12.6. The van der Waals surface area contributed by atoms with Crippen LogP contribution < -0.4 is 5.32 Å². The first-order valence-electron chi connectivity index (χ1n) is 6.34. The van der Waals surface area contributed by atoms with Crippen LogP contribution in [0.4, 0.5) is 5.69 Å². The third-order valence-corrected chi connectivity index (χ3v) is 3.31. The summed E-state index contributed by atoms with van der Waals surface area (Å²) >= 11 is 3.17. The average molecular weight is 346 g/mol. The first-order valence-corrected chi connectivity index (χ1v) is 7.13. The fraction of sp³-hybridized carbons (Fsp3) is 0.0667. The number of nitrogens with one attached hydrogen (secondary N) is 1. The second-order valence-electron chi connectivity index (χ2n) is 4.46. The molecule has 0 radical (unpaired) electrons. The average Bonchev–Trinajstić information content (AvgIpc) is 3.11. The molecule has 6 heteroatoms. The van der Waals surface area contributed by atoms with Crippen LogP contribution in [0.1, 0.15) is 16.1 Å². The maximum absolute atomic E-state index is 12.0. The van der Waals surface area contributed by atoms with E-state index in [2.05, 4.69) is 26.3 Å². The van der Waals surface area contributed by atoms with Gasteiger partial charge in [0, 0.05) is 18.1 Å². The Kier molecular flexibility index (Phi) is 3.87. The molecule has 0 aliphatic rings. The van der Waals surface area contributed by atoms with Crippen molar-refractivity contribution in [1.29, 1.82) is 0 Å². The Morgan fingerprint density at radius 3 is 2.90 bits per heavy atom. The van der Waals surface area contributed by atoms with Crippen LogP contribution in [0.25, 0.3) is 0 Å². The molecule has 1 aromatic carbocycles. The van der Waals surface area contributed by atoms with Crippen molar-refractivity contribution in [2.24, 2.45) is 0 Å². The number of furan rings is 1. The minimum absolute atomic E-state index is 0.263. The molecule has 106 valence electrons. The number of nitrogens with zero attached hydrogens (tertiary/aromatic N) is 2. The molecular weight excluding hydrogens is 334 g/mol. The summed E-state index contributed by atoms with van der Waals surface area (Å²) in [6.45, 7) is 0.656. The fourth-order valence-corrected chi connectivity index (χ4v) is 2.26. The van der Waals surface area contributed by atoms with Gasteiger partial charge in [0.25, 0.3) is 5.91 Å². The number of hydrogen-bond donors (Lipinski definition) is 1. The van der Waals surface area contributed by atoms with Gasteiger partial charge in [-0.05, 0) is 51.8 Å². The van der Waals surface area contributed by atoms with Crippen LogP contribution in [0.15, 0.2) is 63.9 Å². The molecule has 2 heterocycles. The monoisotopic (exact) mass is 345 g/mol. The molecule has 0 unspecified atom stereocenters. The summed E-state index contributed by atoms with van der Waals surface area (Å²) in [6, 6.07) is 12.8. The Bertz CT molecular complexity index is 750. The highest BCUT2D eigenvalue weighted by atomic mass is 79.9. The second-order valence-corrected chi connectivity index (χ2v) is 5.24. The Hall–Kier alpha value is -2.34. The molecule has 0 bridgehead atoms. The lowest BCUT2D eigenvalue weighted by Gasteiger charge is -2.06. The lowest BCUT2D eigenvalue weighted by molar-refractivity contribution is 0.0995. The number of carbonyl (C=O) groups is 1. The molecule has 3 aromatic rings. The van der Waals surface area contributed by atoms with Crippen LogP contribution in [0.2, 0.25) is 0 Å². The molecule has 5 nitrogen and oxygen atoms in total. The van der Waals surface area contributed by atoms with Gasteiger partial charge in [0.1, 0.15) is 0 Å². The lowest BCUT2D eigenvalue weighted by Crippen LogP contribution is -2.11. The van der Waals surface area contributed by atoms with Gasteiger partial charge >= 0.3 is 0 Å². The van der Waals surface area contributed by atoms with Gasteiger partial charge in [-0.2, -0.15) is 5.10 Å². The molecule has 0 saturated heterocycles. The molecule has 21 heavy (non-hydrogen) atoms. The quantitative estimate of drug-likeness (QED) is 0.786. The van der Waals surface area contributed by atoms with Gasteiger partial charge < -0.3 is 9.73 Å². The molecule has 0 aliphatic heterocycles. The molecule has 3 rings (SSSR count). The molecular formula is C15H12BrN3O2. The number of benzene rings is 1. The van der Waals surface area contributed by atoms with Crippen molar-refractivity contribution in [2.45, 2.75) is 6.54 Å². The number of rotatable bonds is 4. The van der Waals surface area contributed by atoms with Gasteiger partial charge in [0.05, 0.1) is 6.54 Å². The number of hydrogen-bond acceptors (Lipinski definition) is 3. The summed E-state index contributed by atoms with van der Waals surface area (Å²) in [6.07, 6.45) is 3.63. The summed E-state index contributed by atoms with van der Waals surface area (Å²) in [5.74, 6) is -0.0173. The minimum atomic E-state index is -0.281. The largest absolute Gasteiger partial charge is 0.444 e. The van der Waals surface area contributed by atoms with Gasteiger partial charge in [-0.25, -0.2) is 0 Å². The number of anilines is 1. The maximum atomic E-state index is 12.0. The van der Waals surface area contributed by atoms with E-state index >= 15 is 0 Å². The van der Waals surface area contributed by atoms with E-state index in [-0.39, 0.29) is 11.7 Å². The molecule has 0 aliphatic carbocycles. The minimum Gasteiger partial charge on any atom is -0.444 e. The molecule has 2 aromatic heterocycles. The normalized spacial score (nSPS) is 10.5. The highest BCUT2D eigenvalue weighted by Crippen LogP contribution is 2.17. The molecule has 0 atom stereocenters. The first kappa shape index (κ1) is 13.6. The molecule has 1 amide bonds. The molecule has 0 spiro atoms. The van der Waals surface area contributed by atoms with Crippen molar-refractivity contribution in [3.8, 4) is 0 Å². The number of carbonyl (C=O) groups excluding carboxylic acids is 1. The summed E-state index contributed by atoms with van der Waals surface area (Å²) in [7, 11) is 0. The van der Waals surface area contributed by atoms with E-state index in [4.69, 9.17) is 4.42 Å². The van der Waals surface area contributed by atoms with Gasteiger partial charge in [0.15, 0.2) is 10.4 Å². The van der Waals surface area contributed by atoms with E-state index in [1.165, 1.54) is 0 Å². The SMILES string of the molecule is O=C(Nc1cccc(Cn2cccn2)c1)c1ccc(Br)o1. The van der Waals surface area contributed by atoms with Gasteiger partial charge in [-0.15, -0.1) is 0 Å². The summed E-state index contributed by atoms with van der Waals surface area (Å²) in [4.78, 5) is 12.0. The highest BCUT2D eigenvalue weighted by molar-refractivity contribution is 9.10. The summed E-state index contributed by atoms with van der Waals surface area (Å²) in [5.41, 5.74) is 1.77. The van der Waals surface area contributed by atoms with Crippen molar-refractivity contribution in [1.82, 2.24) is 9.78 Å². The zero-order valence-electron chi connectivity index (χ0n) is 11.0. The molecule has 0 fully saturated rings. The molecule has 0 saturated carbocycles. The van der Waals surface area contributed by atoms with E-state index in [1.807, 2.05) is 41.2 Å². The maximum Gasteiger partial charge on any atom is 0.291 e. The van der Waals surface area contributed by atoms with E-state index in [0.29, 0.717) is 11.2 Å². The van der Waals surface area contributed by atoms with Crippen molar-refractivity contribution < 1.29 is 9.21 Å². The standard InChI is InChI=1S/C15H12BrN3O2/c16-14-6-5-13(21-14)15(20)18-12-4-1-3-11(9-12)10-19-8-2-7-17-19/h1-9H,10H2,(H,18,20). The van der Waals surface area contributed by atoms with Crippen LogP contribution in [0.5, 0.6) is 0 Å². The van der Waals surface area contributed by atoms with Crippen LogP contribution >= 0.6 is 15.9 Å². The van der Waals surface area contributed by atoms with E-state index in [9.17, 15) is 4.79 Å². The number of aromatic nitrogens is 2. The third-order valence-electron chi connectivity index (χ3n) is 2.89. The summed E-state index contributed by atoms with van der Waals surface area (Å²) < 4.78 is 7.58. The smallest absolute Gasteiger partial charge is 0.291 e. The topological polar surface area (TPSA) is 60.1 Å². The lowest BCUT2D eigenvalue weighted by atomic mass is 10.2. The third kappa shape index (κ3) is 3.41. The van der Waals surface area contributed by atoms with Gasteiger partial charge in [-0.3, -0.25) is 9.48 Å². The summed E-state index contributed by atoms with van der Waals surface area (Å²) in [5, 5.41) is 6.97. The van der Waals surface area contributed by atoms with Crippen molar-refractivity contribution in [3.63, 3.8) is 0 Å². The van der Waals surface area contributed by atoms with Crippen LogP contribution in [-0.4, -0.2) is 15.7 Å². The predicted molar refractivity (Wildman–Crippen MR) is 82.1 cm³/mol. The Labute approximate surface area is 129 Å². The fourth-order valence-electron chi connectivity index (χ4n) is 1.96. The Balaban J connectivity index is 1.72. The van der Waals surface area contributed by atoms with Gasteiger partial charge in [0.2, 0.25) is 0 Å². The van der Waals surface area contributed by atoms with Crippen molar-refractivity contribution in [2.75, 3.05) is 5.32 Å².